The number of hydrogen-bond acceptors (Lipinski definition) is 5. The van der Waals surface area contributed by atoms with E-state index in [1.54, 1.807) is 13.0 Å². The molecule has 3 N–H and O–H groups in total. The summed E-state index contributed by atoms with van der Waals surface area (Å²) < 4.78 is 5.61. The van der Waals surface area contributed by atoms with Gasteiger partial charge in [-0.05, 0) is 32.0 Å². The number of rotatable bonds is 6. The molecule has 8 heteroatoms. The molecule has 24 heavy (non-hydrogen) atoms. The summed E-state index contributed by atoms with van der Waals surface area (Å²) in [5.74, 6) is 1.69. The Kier molecular flexibility index (Phi) is 4.55. The van der Waals surface area contributed by atoms with Crippen LogP contribution in [0.25, 0.3) is 0 Å². The fourth-order valence-corrected chi connectivity index (χ4v) is 2.12. The fourth-order valence-electron chi connectivity index (χ4n) is 2.12. The minimum absolute atomic E-state index is 0.292. The summed E-state index contributed by atoms with van der Waals surface area (Å²) in [6.07, 6.45) is 0. The van der Waals surface area contributed by atoms with E-state index in [2.05, 4.69) is 30.7 Å². The van der Waals surface area contributed by atoms with Crippen LogP contribution in [0.4, 0.5) is 0 Å². The summed E-state index contributed by atoms with van der Waals surface area (Å²) >= 11 is 0. The van der Waals surface area contributed by atoms with Crippen molar-refractivity contribution in [3.63, 3.8) is 0 Å². The maximum absolute atomic E-state index is 12.2. The van der Waals surface area contributed by atoms with E-state index >= 15 is 0 Å². The molecule has 1 atom stereocenters. The molecule has 2 aromatic heterocycles. The number of aromatic nitrogens is 5. The number of hydrogen-bond donors (Lipinski definition) is 3. The topological polar surface area (TPSA) is 109 Å². The van der Waals surface area contributed by atoms with E-state index in [0.717, 1.165) is 5.75 Å². The Morgan fingerprint density at radius 2 is 2.04 bits per heavy atom. The second kappa shape index (κ2) is 6.95. The van der Waals surface area contributed by atoms with E-state index in [1.807, 2.05) is 37.3 Å². The molecule has 0 radical (unpaired) electrons. The van der Waals surface area contributed by atoms with Crippen molar-refractivity contribution in [3.8, 4) is 5.75 Å². The van der Waals surface area contributed by atoms with E-state index in [9.17, 15) is 4.79 Å². The van der Waals surface area contributed by atoms with Crippen LogP contribution in [0.5, 0.6) is 5.75 Å². The zero-order chi connectivity index (χ0) is 16.9. The van der Waals surface area contributed by atoms with Crippen LogP contribution in [-0.4, -0.2) is 31.3 Å². The molecular formula is C16H18N6O2. The number of H-pyrrole nitrogens is 2. The van der Waals surface area contributed by atoms with Gasteiger partial charge >= 0.3 is 0 Å². The maximum Gasteiger partial charge on any atom is 0.272 e. The number of aromatic amines is 2. The number of nitrogens with one attached hydrogen (secondary N) is 3. The van der Waals surface area contributed by atoms with Gasteiger partial charge in [0.15, 0.2) is 5.82 Å². The number of amides is 1. The Labute approximate surface area is 138 Å². The van der Waals surface area contributed by atoms with Gasteiger partial charge in [-0.3, -0.25) is 15.0 Å². The monoisotopic (exact) mass is 326 g/mol. The third kappa shape index (κ3) is 3.78. The van der Waals surface area contributed by atoms with Gasteiger partial charge in [-0.1, -0.05) is 18.2 Å². The molecule has 124 valence electrons. The number of aryl methyl sites for hydroxylation is 1. The molecule has 0 saturated heterocycles. The molecule has 0 spiro atoms. The zero-order valence-electron chi connectivity index (χ0n) is 13.4. The lowest BCUT2D eigenvalue weighted by Gasteiger charge is -2.08. The number of para-hydroxylation sites is 1. The van der Waals surface area contributed by atoms with Gasteiger partial charge in [-0.25, -0.2) is 4.98 Å². The van der Waals surface area contributed by atoms with Gasteiger partial charge in [0.25, 0.3) is 5.91 Å². The van der Waals surface area contributed by atoms with Crippen LogP contribution in [-0.2, 0) is 6.61 Å². The SMILES string of the molecule is Cc1nc([C@@H](C)NC(=O)c2cc(COc3ccccc3)[nH]n2)n[nH]1. The normalized spacial score (nSPS) is 11.9. The molecule has 0 aliphatic carbocycles. The summed E-state index contributed by atoms with van der Waals surface area (Å²) in [5.41, 5.74) is 1.01. The first kappa shape index (κ1) is 15.7. The lowest BCUT2D eigenvalue weighted by molar-refractivity contribution is 0.0933. The van der Waals surface area contributed by atoms with Crippen LogP contribution in [0.2, 0.25) is 0 Å². The number of nitrogens with zero attached hydrogens (tertiary/aromatic N) is 3. The molecule has 0 aliphatic rings. The first-order valence-corrected chi connectivity index (χ1v) is 7.53. The lowest BCUT2D eigenvalue weighted by atomic mass is 10.3. The second-order valence-corrected chi connectivity index (χ2v) is 5.35. The summed E-state index contributed by atoms with van der Waals surface area (Å²) in [4.78, 5) is 16.4. The van der Waals surface area contributed by atoms with Gasteiger partial charge in [0.05, 0.1) is 11.7 Å². The maximum atomic E-state index is 12.2. The molecule has 0 bridgehead atoms. The van der Waals surface area contributed by atoms with Crippen LogP contribution in [0.1, 0.15) is 40.8 Å². The highest BCUT2D eigenvalue weighted by Gasteiger charge is 2.17. The van der Waals surface area contributed by atoms with E-state index in [1.165, 1.54) is 0 Å². The van der Waals surface area contributed by atoms with E-state index in [-0.39, 0.29) is 11.9 Å². The van der Waals surface area contributed by atoms with Gasteiger partial charge in [0, 0.05) is 0 Å². The third-order valence-corrected chi connectivity index (χ3v) is 3.35. The largest absolute Gasteiger partial charge is 0.487 e. The van der Waals surface area contributed by atoms with Crippen molar-refractivity contribution in [2.75, 3.05) is 0 Å². The molecule has 8 nitrogen and oxygen atoms in total. The Morgan fingerprint density at radius 3 is 2.75 bits per heavy atom. The molecule has 3 rings (SSSR count). The van der Waals surface area contributed by atoms with E-state index < -0.39 is 0 Å². The van der Waals surface area contributed by atoms with Crippen LogP contribution in [0.3, 0.4) is 0 Å². The number of ether oxygens (including phenoxy) is 1. The summed E-state index contributed by atoms with van der Waals surface area (Å²) in [5, 5.41) is 16.4. The Balaban J connectivity index is 1.57. The van der Waals surface area contributed by atoms with E-state index in [0.29, 0.717) is 29.6 Å². The van der Waals surface area contributed by atoms with Crippen molar-refractivity contribution in [2.45, 2.75) is 26.5 Å². The van der Waals surface area contributed by atoms with Crippen molar-refractivity contribution in [1.29, 1.82) is 0 Å². The zero-order valence-corrected chi connectivity index (χ0v) is 13.4. The van der Waals surface area contributed by atoms with Crippen molar-refractivity contribution in [1.82, 2.24) is 30.7 Å². The predicted molar refractivity (Wildman–Crippen MR) is 86.4 cm³/mol. The molecule has 0 saturated carbocycles. The number of carbonyl (C=O) groups excluding carboxylic acids is 1. The Bertz CT molecular complexity index is 811. The molecule has 1 aromatic carbocycles. The summed E-state index contributed by atoms with van der Waals surface area (Å²) in [6, 6.07) is 10.8. The Hall–Kier alpha value is -3.16. The summed E-state index contributed by atoms with van der Waals surface area (Å²) in [7, 11) is 0. The van der Waals surface area contributed by atoms with Crippen molar-refractivity contribution >= 4 is 5.91 Å². The molecule has 0 unspecified atom stereocenters. The van der Waals surface area contributed by atoms with Gasteiger partial charge in [-0.15, -0.1) is 0 Å². The molecule has 0 aliphatic heterocycles. The van der Waals surface area contributed by atoms with Crippen molar-refractivity contribution in [3.05, 3.63) is 59.4 Å². The number of benzene rings is 1. The van der Waals surface area contributed by atoms with Crippen molar-refractivity contribution in [2.24, 2.45) is 0 Å². The van der Waals surface area contributed by atoms with Gasteiger partial charge < -0.3 is 10.1 Å². The highest BCUT2D eigenvalue weighted by atomic mass is 16.5. The highest BCUT2D eigenvalue weighted by Crippen LogP contribution is 2.12. The lowest BCUT2D eigenvalue weighted by Crippen LogP contribution is -2.27. The molecular weight excluding hydrogens is 308 g/mol. The van der Waals surface area contributed by atoms with E-state index in [4.69, 9.17) is 4.74 Å². The average molecular weight is 326 g/mol. The van der Waals surface area contributed by atoms with Crippen LogP contribution < -0.4 is 10.1 Å². The van der Waals surface area contributed by atoms with Crippen molar-refractivity contribution < 1.29 is 9.53 Å². The average Bonchev–Trinajstić information content (AvgIpc) is 3.23. The minimum Gasteiger partial charge on any atom is -0.487 e. The summed E-state index contributed by atoms with van der Waals surface area (Å²) in [6.45, 7) is 3.92. The predicted octanol–water partition coefficient (Wildman–Crippen LogP) is 1.91. The third-order valence-electron chi connectivity index (χ3n) is 3.35. The van der Waals surface area contributed by atoms with Gasteiger partial charge in [-0.2, -0.15) is 10.2 Å². The Morgan fingerprint density at radius 1 is 1.25 bits per heavy atom. The fraction of sp³-hybridized carbons (Fsp3) is 0.250. The molecule has 2 heterocycles. The minimum atomic E-state index is -0.317. The number of carbonyl (C=O) groups is 1. The molecule has 1 amide bonds. The van der Waals surface area contributed by atoms with Crippen LogP contribution in [0, 0.1) is 6.92 Å². The van der Waals surface area contributed by atoms with Gasteiger partial charge in [0.2, 0.25) is 0 Å². The van der Waals surface area contributed by atoms with Gasteiger partial charge in [0.1, 0.15) is 23.9 Å². The second-order valence-electron chi connectivity index (χ2n) is 5.35. The smallest absolute Gasteiger partial charge is 0.272 e. The van der Waals surface area contributed by atoms with Crippen LogP contribution >= 0.6 is 0 Å². The molecule has 3 aromatic rings. The first-order chi connectivity index (χ1) is 11.6. The highest BCUT2D eigenvalue weighted by molar-refractivity contribution is 5.92. The first-order valence-electron chi connectivity index (χ1n) is 7.53. The van der Waals surface area contributed by atoms with Crippen LogP contribution in [0.15, 0.2) is 36.4 Å². The molecule has 0 fully saturated rings. The standard InChI is InChI=1S/C16H18N6O2/c1-10(15-18-11(2)19-22-15)17-16(23)14-8-12(20-21-14)9-24-13-6-4-3-5-7-13/h3-8,10H,9H2,1-2H3,(H,17,23)(H,20,21)(H,18,19,22)/t10-/m1/s1. The quantitative estimate of drug-likeness (QED) is 0.641.